The maximum Gasteiger partial charge on any atom is 0.157 e. The predicted molar refractivity (Wildman–Crippen MR) is 61.7 cm³/mol. The van der Waals surface area contributed by atoms with E-state index in [4.69, 9.17) is 10.00 Å². The van der Waals surface area contributed by atoms with Gasteiger partial charge in [-0.3, -0.25) is 4.79 Å². The van der Waals surface area contributed by atoms with Gasteiger partial charge in [0.05, 0.1) is 17.3 Å². The van der Waals surface area contributed by atoms with E-state index in [1.54, 1.807) is 12.1 Å². The molecular formula is C12H14N2O2. The molecule has 0 fully saturated rings. The number of carbonyl (C=O) groups is 1. The molecule has 0 aromatic heterocycles. The fraction of sp³-hybridized carbons (Fsp3) is 0.333. The number of hydrogen-bond donors (Lipinski definition) is 0. The quantitative estimate of drug-likeness (QED) is 0.704. The summed E-state index contributed by atoms with van der Waals surface area (Å²) < 4.78 is 5.29. The Morgan fingerprint density at radius 1 is 1.56 bits per heavy atom. The first kappa shape index (κ1) is 12.1. The molecule has 0 N–H and O–H groups in total. The highest BCUT2D eigenvalue weighted by atomic mass is 16.5. The number of anilines is 1. The number of nitrogens with zero attached hydrogens (tertiary/aromatic N) is 2. The third-order valence-electron chi connectivity index (χ3n) is 2.28. The lowest BCUT2D eigenvalue weighted by Gasteiger charge is -2.20. The Labute approximate surface area is 95.0 Å². The van der Waals surface area contributed by atoms with Gasteiger partial charge in [0, 0.05) is 19.7 Å². The zero-order valence-electron chi connectivity index (χ0n) is 9.43. The molecule has 4 nitrogen and oxygen atoms in total. The molecule has 0 spiro atoms. The molecule has 0 aliphatic carbocycles. The minimum Gasteiger partial charge on any atom is -0.484 e. The molecule has 0 heterocycles. The van der Waals surface area contributed by atoms with Gasteiger partial charge >= 0.3 is 0 Å². The largest absolute Gasteiger partial charge is 0.484 e. The highest BCUT2D eigenvalue weighted by molar-refractivity contribution is 5.62. The maximum atomic E-state index is 10.3. The molecule has 0 saturated carbocycles. The predicted octanol–water partition coefficient (Wildman–Crippen LogP) is 1.59. The van der Waals surface area contributed by atoms with Gasteiger partial charge in [-0.1, -0.05) is 0 Å². The molecule has 1 aromatic carbocycles. The van der Waals surface area contributed by atoms with Gasteiger partial charge in [-0.15, -0.1) is 0 Å². The third-order valence-corrected chi connectivity index (χ3v) is 2.28. The van der Waals surface area contributed by atoms with Crippen LogP contribution >= 0.6 is 0 Å². The zero-order valence-corrected chi connectivity index (χ0v) is 9.43. The van der Waals surface area contributed by atoms with Crippen LogP contribution in [0.3, 0.4) is 0 Å². The van der Waals surface area contributed by atoms with Crippen molar-refractivity contribution in [1.82, 2.24) is 0 Å². The number of aldehydes is 1. The molecule has 0 aliphatic rings. The van der Waals surface area contributed by atoms with Crippen LogP contribution in [0.5, 0.6) is 5.75 Å². The summed E-state index contributed by atoms with van der Waals surface area (Å²) in [7, 11) is 1.93. The molecule has 4 heteroatoms. The number of carbonyl (C=O) groups excluding carboxylic acids is 1. The van der Waals surface area contributed by atoms with E-state index in [-0.39, 0.29) is 6.61 Å². The fourth-order valence-electron chi connectivity index (χ4n) is 1.31. The van der Waals surface area contributed by atoms with Crippen molar-refractivity contribution in [3.63, 3.8) is 0 Å². The Hall–Kier alpha value is -2.02. The first-order valence-electron chi connectivity index (χ1n) is 5.04. The first-order valence-corrected chi connectivity index (χ1v) is 5.04. The lowest BCUT2D eigenvalue weighted by Crippen LogP contribution is -2.17. The third kappa shape index (κ3) is 2.74. The first-order chi connectivity index (χ1) is 7.72. The van der Waals surface area contributed by atoms with Gasteiger partial charge in [0.25, 0.3) is 0 Å². The number of benzene rings is 1. The lowest BCUT2D eigenvalue weighted by molar-refractivity contribution is -0.109. The number of hydrogen-bond acceptors (Lipinski definition) is 4. The average molecular weight is 218 g/mol. The Morgan fingerprint density at radius 2 is 2.31 bits per heavy atom. The second-order valence-electron chi connectivity index (χ2n) is 3.29. The van der Waals surface area contributed by atoms with Crippen LogP contribution in [0.1, 0.15) is 12.5 Å². The van der Waals surface area contributed by atoms with Crippen LogP contribution in [0.15, 0.2) is 18.2 Å². The highest BCUT2D eigenvalue weighted by Gasteiger charge is 2.08. The smallest absolute Gasteiger partial charge is 0.157 e. The standard InChI is InChI=1S/C12H14N2O2/c1-3-14(2)11-5-4-10(9-13)8-12(11)16-7-6-15/h4-6,8H,3,7H2,1-2H3. The van der Waals surface area contributed by atoms with E-state index in [1.807, 2.05) is 31.0 Å². The van der Waals surface area contributed by atoms with Crippen molar-refractivity contribution in [3.05, 3.63) is 23.8 Å². The minimum atomic E-state index is -0.000559. The summed E-state index contributed by atoms with van der Waals surface area (Å²) in [5, 5.41) is 8.79. The molecule has 0 bridgehead atoms. The van der Waals surface area contributed by atoms with Gasteiger partial charge in [0.15, 0.2) is 6.29 Å². The van der Waals surface area contributed by atoms with Gasteiger partial charge in [-0.25, -0.2) is 0 Å². The average Bonchev–Trinajstić information content (AvgIpc) is 2.34. The van der Waals surface area contributed by atoms with E-state index in [0.29, 0.717) is 17.6 Å². The maximum absolute atomic E-state index is 10.3. The summed E-state index contributed by atoms with van der Waals surface area (Å²) in [5.41, 5.74) is 1.40. The lowest BCUT2D eigenvalue weighted by atomic mass is 10.2. The van der Waals surface area contributed by atoms with Crippen LogP contribution in [0.4, 0.5) is 5.69 Å². The Morgan fingerprint density at radius 3 is 2.88 bits per heavy atom. The molecule has 1 aromatic rings. The van der Waals surface area contributed by atoms with Crippen molar-refractivity contribution < 1.29 is 9.53 Å². The molecule has 0 unspecified atom stereocenters. The van der Waals surface area contributed by atoms with Gasteiger partial charge < -0.3 is 9.64 Å². The van der Waals surface area contributed by atoms with Crippen LogP contribution < -0.4 is 9.64 Å². The van der Waals surface area contributed by atoms with Gasteiger partial charge in [0.1, 0.15) is 12.4 Å². The van der Waals surface area contributed by atoms with Crippen LogP contribution in [0.2, 0.25) is 0 Å². The van der Waals surface area contributed by atoms with Crippen molar-refractivity contribution in [2.75, 3.05) is 25.1 Å². The van der Waals surface area contributed by atoms with Crippen molar-refractivity contribution in [2.45, 2.75) is 6.92 Å². The van der Waals surface area contributed by atoms with Gasteiger partial charge in [0.2, 0.25) is 0 Å². The number of ether oxygens (including phenoxy) is 1. The Kier molecular flexibility index (Phi) is 4.34. The van der Waals surface area contributed by atoms with Crippen LogP contribution in [-0.2, 0) is 4.79 Å². The topological polar surface area (TPSA) is 53.3 Å². The van der Waals surface area contributed by atoms with Crippen LogP contribution in [0.25, 0.3) is 0 Å². The van der Waals surface area contributed by atoms with Crippen LogP contribution in [0, 0.1) is 11.3 Å². The second kappa shape index (κ2) is 5.76. The van der Waals surface area contributed by atoms with Crippen molar-refractivity contribution in [2.24, 2.45) is 0 Å². The van der Waals surface area contributed by atoms with E-state index in [2.05, 4.69) is 0 Å². The molecule has 0 radical (unpaired) electrons. The molecule has 0 saturated heterocycles. The van der Waals surface area contributed by atoms with Crippen molar-refractivity contribution >= 4 is 12.0 Å². The zero-order chi connectivity index (χ0) is 12.0. The molecule has 84 valence electrons. The summed E-state index contributed by atoms with van der Waals surface area (Å²) in [6, 6.07) is 7.24. The molecule has 0 atom stereocenters. The summed E-state index contributed by atoms with van der Waals surface area (Å²) in [5.74, 6) is 0.565. The SMILES string of the molecule is CCN(C)c1ccc(C#N)cc1OCC=O. The highest BCUT2D eigenvalue weighted by Crippen LogP contribution is 2.28. The van der Waals surface area contributed by atoms with E-state index < -0.39 is 0 Å². The number of rotatable bonds is 5. The van der Waals surface area contributed by atoms with Crippen molar-refractivity contribution in [3.8, 4) is 11.8 Å². The molecular weight excluding hydrogens is 204 g/mol. The second-order valence-corrected chi connectivity index (χ2v) is 3.29. The van der Waals surface area contributed by atoms with Gasteiger partial charge in [-0.2, -0.15) is 5.26 Å². The summed E-state index contributed by atoms with van der Waals surface area (Å²) in [4.78, 5) is 12.3. The normalized spacial score (nSPS) is 9.31. The summed E-state index contributed by atoms with van der Waals surface area (Å²) in [6.07, 6.45) is 0.689. The summed E-state index contributed by atoms with van der Waals surface area (Å²) in [6.45, 7) is 2.84. The summed E-state index contributed by atoms with van der Waals surface area (Å²) >= 11 is 0. The van der Waals surface area contributed by atoms with Crippen molar-refractivity contribution in [1.29, 1.82) is 5.26 Å². The van der Waals surface area contributed by atoms with E-state index in [0.717, 1.165) is 12.2 Å². The van der Waals surface area contributed by atoms with E-state index in [1.165, 1.54) is 0 Å². The van der Waals surface area contributed by atoms with Crippen LogP contribution in [-0.4, -0.2) is 26.5 Å². The Bertz CT molecular complexity index is 410. The molecule has 0 amide bonds. The van der Waals surface area contributed by atoms with Gasteiger partial charge in [-0.05, 0) is 19.1 Å². The molecule has 16 heavy (non-hydrogen) atoms. The van der Waals surface area contributed by atoms with E-state index >= 15 is 0 Å². The Balaban J connectivity index is 3.06. The fourth-order valence-corrected chi connectivity index (χ4v) is 1.31. The number of nitriles is 1. The van der Waals surface area contributed by atoms with E-state index in [9.17, 15) is 4.79 Å². The monoisotopic (exact) mass is 218 g/mol. The molecule has 0 aliphatic heterocycles. The minimum absolute atomic E-state index is 0.000559. The molecule has 1 rings (SSSR count).